The second kappa shape index (κ2) is 4.25. The third-order valence-electron chi connectivity index (χ3n) is 4.15. The summed E-state index contributed by atoms with van der Waals surface area (Å²) in [6.07, 6.45) is 3.82. The molecule has 1 fully saturated rings. The van der Waals surface area contributed by atoms with Crippen molar-refractivity contribution in [2.24, 2.45) is 5.92 Å². The summed E-state index contributed by atoms with van der Waals surface area (Å²) in [6.45, 7) is 7.05. The highest BCUT2D eigenvalue weighted by Crippen LogP contribution is 2.37. The van der Waals surface area contributed by atoms with Gasteiger partial charge in [-0.25, -0.2) is 0 Å². The number of hydrogen-bond acceptors (Lipinski definition) is 2. The van der Waals surface area contributed by atoms with Gasteiger partial charge in [0, 0.05) is 19.1 Å². The van der Waals surface area contributed by atoms with Crippen molar-refractivity contribution < 1.29 is 0 Å². The fourth-order valence-electron chi connectivity index (χ4n) is 3.37. The average molecular weight is 230 g/mol. The second-order valence-corrected chi connectivity index (χ2v) is 5.68. The molecule has 2 aliphatic rings. The summed E-state index contributed by atoms with van der Waals surface area (Å²) in [5.41, 5.74) is 4.33. The normalized spacial score (nSPS) is 27.8. The minimum Gasteiger partial charge on any atom is -0.383 e. The first kappa shape index (κ1) is 10.9. The number of nitrogens with zero attached hydrogens (tertiary/aromatic N) is 1. The molecule has 3 rings (SSSR count). The van der Waals surface area contributed by atoms with Crippen LogP contribution >= 0.6 is 0 Å². The molecular formula is C15H22N2. The monoisotopic (exact) mass is 230 g/mol. The molecule has 17 heavy (non-hydrogen) atoms. The minimum atomic E-state index is 0.681. The van der Waals surface area contributed by atoms with Crippen molar-refractivity contribution in [1.82, 2.24) is 0 Å². The standard InChI is InChI=1S/C15H22N2/c1-11-9-12(2)17(10-11)14-7-3-5-13-6-4-8-16-15(13)14/h3,5,7,11-12,16H,4,6,8-10H2,1-2H3. The van der Waals surface area contributed by atoms with Crippen molar-refractivity contribution in [2.75, 3.05) is 23.3 Å². The number of nitrogens with one attached hydrogen (secondary N) is 1. The molecule has 0 aromatic heterocycles. The largest absolute Gasteiger partial charge is 0.383 e. The maximum atomic E-state index is 3.60. The number of hydrogen-bond donors (Lipinski definition) is 1. The lowest BCUT2D eigenvalue weighted by atomic mass is 10.0. The van der Waals surface area contributed by atoms with Gasteiger partial charge in [-0.05, 0) is 43.7 Å². The van der Waals surface area contributed by atoms with Crippen LogP contribution < -0.4 is 10.2 Å². The van der Waals surface area contributed by atoms with E-state index in [9.17, 15) is 0 Å². The molecule has 0 bridgehead atoms. The molecule has 1 aromatic carbocycles. The Balaban J connectivity index is 1.97. The van der Waals surface area contributed by atoms with Crippen molar-refractivity contribution in [3.63, 3.8) is 0 Å². The highest BCUT2D eigenvalue weighted by atomic mass is 15.2. The van der Waals surface area contributed by atoms with Crippen LogP contribution in [0, 0.1) is 5.92 Å². The highest BCUT2D eigenvalue weighted by Gasteiger charge is 2.28. The van der Waals surface area contributed by atoms with Crippen molar-refractivity contribution in [3.05, 3.63) is 23.8 Å². The molecule has 1 N–H and O–H groups in total. The maximum Gasteiger partial charge on any atom is 0.0610 e. The number of benzene rings is 1. The number of para-hydroxylation sites is 1. The van der Waals surface area contributed by atoms with Gasteiger partial charge in [0.1, 0.15) is 0 Å². The maximum absolute atomic E-state index is 3.60. The van der Waals surface area contributed by atoms with Crippen LogP contribution in [0.3, 0.4) is 0 Å². The highest BCUT2D eigenvalue weighted by molar-refractivity contribution is 5.75. The molecule has 0 amide bonds. The molecule has 0 radical (unpaired) electrons. The summed E-state index contributed by atoms with van der Waals surface area (Å²) in [5.74, 6) is 0.824. The van der Waals surface area contributed by atoms with Crippen molar-refractivity contribution >= 4 is 11.4 Å². The van der Waals surface area contributed by atoms with Gasteiger partial charge in [-0.15, -0.1) is 0 Å². The first-order chi connectivity index (χ1) is 8.25. The fourth-order valence-corrected chi connectivity index (χ4v) is 3.37. The lowest BCUT2D eigenvalue weighted by molar-refractivity contribution is 0.625. The summed E-state index contributed by atoms with van der Waals surface area (Å²) in [7, 11) is 0. The Morgan fingerprint density at radius 3 is 2.94 bits per heavy atom. The van der Waals surface area contributed by atoms with Crippen LogP contribution in [-0.4, -0.2) is 19.1 Å². The van der Waals surface area contributed by atoms with E-state index in [0.717, 1.165) is 12.5 Å². The van der Waals surface area contributed by atoms with Gasteiger partial charge < -0.3 is 10.2 Å². The third-order valence-corrected chi connectivity index (χ3v) is 4.15. The molecule has 92 valence electrons. The van der Waals surface area contributed by atoms with Crippen LogP contribution in [0.1, 0.15) is 32.3 Å². The van der Waals surface area contributed by atoms with Gasteiger partial charge in [-0.2, -0.15) is 0 Å². The Bertz CT molecular complexity index is 413. The van der Waals surface area contributed by atoms with E-state index < -0.39 is 0 Å². The van der Waals surface area contributed by atoms with Crippen LogP contribution in [0.4, 0.5) is 11.4 Å². The molecule has 0 spiro atoms. The predicted molar refractivity (Wildman–Crippen MR) is 73.8 cm³/mol. The van der Waals surface area contributed by atoms with Crippen LogP contribution in [0.5, 0.6) is 0 Å². The Kier molecular flexibility index (Phi) is 2.73. The van der Waals surface area contributed by atoms with Gasteiger partial charge in [0.2, 0.25) is 0 Å². The quantitative estimate of drug-likeness (QED) is 0.796. The Morgan fingerprint density at radius 2 is 2.18 bits per heavy atom. The van der Waals surface area contributed by atoms with Crippen molar-refractivity contribution in [2.45, 2.75) is 39.2 Å². The van der Waals surface area contributed by atoms with Gasteiger partial charge in [-0.3, -0.25) is 0 Å². The first-order valence-electron chi connectivity index (χ1n) is 6.88. The van der Waals surface area contributed by atoms with Gasteiger partial charge >= 0.3 is 0 Å². The molecule has 0 saturated carbocycles. The van der Waals surface area contributed by atoms with Gasteiger partial charge in [0.25, 0.3) is 0 Å². The van der Waals surface area contributed by atoms with E-state index in [4.69, 9.17) is 0 Å². The van der Waals surface area contributed by atoms with E-state index in [1.807, 2.05) is 0 Å². The predicted octanol–water partition coefficient (Wildman–Crippen LogP) is 3.28. The van der Waals surface area contributed by atoms with Crippen molar-refractivity contribution in [3.8, 4) is 0 Å². The number of anilines is 2. The Labute approximate surface area is 104 Å². The topological polar surface area (TPSA) is 15.3 Å². The van der Waals surface area contributed by atoms with E-state index in [1.54, 1.807) is 0 Å². The zero-order valence-electron chi connectivity index (χ0n) is 10.9. The zero-order chi connectivity index (χ0) is 11.8. The average Bonchev–Trinajstić information content (AvgIpc) is 2.68. The summed E-state index contributed by atoms with van der Waals surface area (Å²) >= 11 is 0. The Morgan fingerprint density at radius 1 is 1.29 bits per heavy atom. The number of fused-ring (bicyclic) bond motifs is 1. The molecule has 2 aliphatic heterocycles. The number of rotatable bonds is 1. The minimum absolute atomic E-state index is 0.681. The van der Waals surface area contributed by atoms with Gasteiger partial charge in [0.15, 0.2) is 0 Å². The van der Waals surface area contributed by atoms with E-state index in [-0.39, 0.29) is 0 Å². The van der Waals surface area contributed by atoms with Crippen LogP contribution in [0.2, 0.25) is 0 Å². The van der Waals surface area contributed by atoms with Gasteiger partial charge in [-0.1, -0.05) is 19.1 Å². The van der Waals surface area contributed by atoms with E-state index >= 15 is 0 Å². The lowest BCUT2D eigenvalue weighted by Gasteiger charge is -2.30. The molecule has 2 heterocycles. The molecule has 2 heteroatoms. The summed E-state index contributed by atoms with van der Waals surface area (Å²) in [4.78, 5) is 2.59. The van der Waals surface area contributed by atoms with Crippen LogP contribution in [0.15, 0.2) is 18.2 Å². The van der Waals surface area contributed by atoms with Crippen LogP contribution in [0.25, 0.3) is 0 Å². The van der Waals surface area contributed by atoms with E-state index in [0.29, 0.717) is 6.04 Å². The fraction of sp³-hybridized carbons (Fsp3) is 0.600. The second-order valence-electron chi connectivity index (χ2n) is 5.68. The Hall–Kier alpha value is -1.18. The number of aryl methyl sites for hydroxylation is 1. The molecule has 2 atom stereocenters. The molecule has 0 aliphatic carbocycles. The summed E-state index contributed by atoms with van der Waals surface area (Å²) < 4.78 is 0. The SMILES string of the molecule is CC1CC(C)N(c2cccc3c2NCCC3)C1. The zero-order valence-corrected chi connectivity index (χ0v) is 10.9. The molecule has 2 nitrogen and oxygen atoms in total. The molecule has 1 aromatic rings. The third kappa shape index (κ3) is 1.90. The van der Waals surface area contributed by atoms with E-state index in [1.165, 1.54) is 42.7 Å². The molecule has 1 saturated heterocycles. The first-order valence-corrected chi connectivity index (χ1v) is 6.88. The smallest absolute Gasteiger partial charge is 0.0610 e. The summed E-state index contributed by atoms with van der Waals surface area (Å²) in [6, 6.07) is 7.46. The molecule has 2 unspecified atom stereocenters. The molecular weight excluding hydrogens is 208 g/mol. The lowest BCUT2D eigenvalue weighted by Crippen LogP contribution is -2.28. The van der Waals surface area contributed by atoms with E-state index in [2.05, 4.69) is 42.3 Å². The van der Waals surface area contributed by atoms with Crippen molar-refractivity contribution in [1.29, 1.82) is 0 Å². The van der Waals surface area contributed by atoms with Gasteiger partial charge in [0.05, 0.1) is 11.4 Å². The van der Waals surface area contributed by atoms with Crippen LogP contribution in [-0.2, 0) is 6.42 Å². The summed E-state index contributed by atoms with van der Waals surface area (Å²) in [5, 5.41) is 3.60.